The fourth-order valence-electron chi connectivity index (χ4n) is 2.98. The number of benzene rings is 3. The average Bonchev–Trinajstić information content (AvgIpc) is 2.71. The van der Waals surface area contributed by atoms with Crippen molar-refractivity contribution in [1.82, 2.24) is 9.55 Å². The number of rotatable bonds is 5. The first-order valence-electron chi connectivity index (χ1n) is 8.82. The van der Waals surface area contributed by atoms with Gasteiger partial charge < -0.3 is 0 Å². The molecule has 0 unspecified atom stereocenters. The van der Waals surface area contributed by atoms with Gasteiger partial charge in [0.2, 0.25) is 0 Å². The maximum absolute atomic E-state index is 14.0. The van der Waals surface area contributed by atoms with E-state index < -0.39 is 11.6 Å². The lowest BCUT2D eigenvalue weighted by molar-refractivity contribution is 0.576. The molecule has 0 saturated carbocycles. The van der Waals surface area contributed by atoms with Crippen molar-refractivity contribution in [3.8, 4) is 0 Å². The van der Waals surface area contributed by atoms with Crippen LogP contribution in [0.4, 0.5) is 8.78 Å². The molecule has 0 aliphatic carbocycles. The molecule has 0 N–H and O–H groups in total. The summed E-state index contributed by atoms with van der Waals surface area (Å²) in [4.78, 5) is 17.7. The van der Waals surface area contributed by atoms with Gasteiger partial charge in [0.25, 0.3) is 5.56 Å². The first-order valence-corrected chi connectivity index (χ1v) is 10.2. The van der Waals surface area contributed by atoms with Gasteiger partial charge in [-0.1, -0.05) is 59.8 Å². The van der Waals surface area contributed by atoms with Crippen LogP contribution in [0.3, 0.4) is 0 Å². The molecule has 0 radical (unpaired) electrons. The van der Waals surface area contributed by atoms with Gasteiger partial charge in [0.15, 0.2) is 5.16 Å². The molecule has 1 aromatic heterocycles. The molecule has 3 aromatic carbocycles. The van der Waals surface area contributed by atoms with E-state index in [0.29, 0.717) is 26.6 Å². The number of halogens is 3. The van der Waals surface area contributed by atoms with E-state index in [2.05, 4.69) is 4.98 Å². The third-order valence-electron chi connectivity index (χ3n) is 4.48. The maximum Gasteiger partial charge on any atom is 0.262 e. The van der Waals surface area contributed by atoms with Crippen molar-refractivity contribution >= 4 is 34.3 Å². The Labute approximate surface area is 175 Å². The minimum Gasteiger partial charge on any atom is -0.283 e. The Morgan fingerprint density at radius 2 is 1.72 bits per heavy atom. The lowest BCUT2D eigenvalue weighted by atomic mass is 10.2. The summed E-state index contributed by atoms with van der Waals surface area (Å²) in [5.74, 6) is -1.05. The van der Waals surface area contributed by atoms with Gasteiger partial charge in [-0.25, -0.2) is 13.8 Å². The number of para-hydroxylation sites is 1. The molecule has 0 fully saturated rings. The van der Waals surface area contributed by atoms with Crippen molar-refractivity contribution in [3.05, 3.63) is 105 Å². The van der Waals surface area contributed by atoms with E-state index in [4.69, 9.17) is 11.6 Å². The quantitative estimate of drug-likeness (QED) is 0.303. The zero-order valence-electron chi connectivity index (χ0n) is 15.1. The van der Waals surface area contributed by atoms with Crippen LogP contribution >= 0.6 is 23.4 Å². The molecule has 1 heterocycles. The Balaban J connectivity index is 1.76. The number of hydrogen-bond acceptors (Lipinski definition) is 3. The number of aromatic nitrogens is 2. The van der Waals surface area contributed by atoms with E-state index in [1.807, 2.05) is 18.2 Å². The molecule has 146 valence electrons. The van der Waals surface area contributed by atoms with Gasteiger partial charge in [-0.15, -0.1) is 0 Å². The van der Waals surface area contributed by atoms with E-state index in [0.717, 1.165) is 11.6 Å². The number of hydrogen-bond donors (Lipinski definition) is 0. The van der Waals surface area contributed by atoms with Gasteiger partial charge in [0.1, 0.15) is 11.6 Å². The third-order valence-corrected chi connectivity index (χ3v) is 5.88. The molecule has 7 heteroatoms. The summed E-state index contributed by atoms with van der Waals surface area (Å²) in [6.45, 7) is 0.241. The van der Waals surface area contributed by atoms with Crippen molar-refractivity contribution in [3.63, 3.8) is 0 Å². The zero-order valence-corrected chi connectivity index (χ0v) is 16.7. The number of thioether (sulfide) groups is 1. The zero-order chi connectivity index (χ0) is 20.4. The van der Waals surface area contributed by atoms with Gasteiger partial charge in [0.05, 0.1) is 17.4 Å². The summed E-state index contributed by atoms with van der Waals surface area (Å²) < 4.78 is 28.7. The molecule has 0 atom stereocenters. The van der Waals surface area contributed by atoms with Crippen LogP contribution < -0.4 is 5.56 Å². The number of nitrogens with zero attached hydrogens (tertiary/aromatic N) is 2. The Morgan fingerprint density at radius 3 is 2.52 bits per heavy atom. The van der Waals surface area contributed by atoms with Crippen molar-refractivity contribution in [2.45, 2.75) is 17.5 Å². The lowest BCUT2D eigenvalue weighted by Gasteiger charge is -2.14. The molecule has 0 aliphatic heterocycles. The second kappa shape index (κ2) is 8.35. The van der Waals surface area contributed by atoms with Crippen LogP contribution in [-0.2, 0) is 12.3 Å². The van der Waals surface area contributed by atoms with E-state index in [-0.39, 0.29) is 17.9 Å². The molecule has 29 heavy (non-hydrogen) atoms. The minimum absolute atomic E-state index is 0.197. The normalized spacial score (nSPS) is 11.1. The first-order chi connectivity index (χ1) is 14.0. The van der Waals surface area contributed by atoms with Gasteiger partial charge in [-0.2, -0.15) is 0 Å². The van der Waals surface area contributed by atoms with Crippen molar-refractivity contribution in [1.29, 1.82) is 0 Å². The summed E-state index contributed by atoms with van der Waals surface area (Å²) in [7, 11) is 0. The highest BCUT2D eigenvalue weighted by Gasteiger charge is 2.14. The smallest absolute Gasteiger partial charge is 0.262 e. The first kappa shape index (κ1) is 19.6. The highest BCUT2D eigenvalue weighted by Crippen LogP contribution is 2.25. The second-order valence-corrected chi connectivity index (χ2v) is 7.77. The van der Waals surface area contributed by atoms with Crippen LogP contribution in [0.15, 0.2) is 76.7 Å². The van der Waals surface area contributed by atoms with Gasteiger partial charge in [-0.3, -0.25) is 9.36 Å². The fraction of sp³-hybridized carbons (Fsp3) is 0.0909. The van der Waals surface area contributed by atoms with E-state index in [1.54, 1.807) is 30.3 Å². The predicted molar refractivity (Wildman–Crippen MR) is 112 cm³/mol. The maximum atomic E-state index is 14.0. The molecule has 4 rings (SSSR count). The predicted octanol–water partition coefficient (Wildman–Crippen LogP) is 5.67. The van der Waals surface area contributed by atoms with Crippen LogP contribution in [0.5, 0.6) is 0 Å². The Kier molecular flexibility index (Phi) is 5.65. The number of fused-ring (bicyclic) bond motifs is 1. The lowest BCUT2D eigenvalue weighted by Crippen LogP contribution is -2.24. The highest BCUT2D eigenvalue weighted by molar-refractivity contribution is 7.98. The van der Waals surface area contributed by atoms with Gasteiger partial charge in [0, 0.05) is 16.8 Å². The molecule has 3 nitrogen and oxygen atoms in total. The van der Waals surface area contributed by atoms with Crippen LogP contribution in [0, 0.1) is 11.6 Å². The molecule has 0 aliphatic rings. The summed E-state index contributed by atoms with van der Waals surface area (Å²) in [6.07, 6.45) is 0. The molecule has 0 spiro atoms. The van der Waals surface area contributed by atoms with Crippen molar-refractivity contribution in [2.24, 2.45) is 0 Å². The van der Waals surface area contributed by atoms with E-state index >= 15 is 0 Å². The molecular weight excluding hydrogens is 414 g/mol. The summed E-state index contributed by atoms with van der Waals surface area (Å²) in [5, 5.41) is 1.49. The topological polar surface area (TPSA) is 34.9 Å². The van der Waals surface area contributed by atoms with Gasteiger partial charge >= 0.3 is 0 Å². The Morgan fingerprint density at radius 1 is 0.966 bits per heavy atom. The largest absolute Gasteiger partial charge is 0.283 e. The van der Waals surface area contributed by atoms with E-state index in [9.17, 15) is 13.6 Å². The van der Waals surface area contributed by atoms with Crippen LogP contribution in [0.2, 0.25) is 5.02 Å². The molecule has 0 bridgehead atoms. The standard InChI is InChI=1S/C22H15ClF2N2OS/c23-18-7-3-1-5-14(18)12-27-21(28)17-6-2-4-8-20(17)26-22(27)29-13-15-9-10-16(24)11-19(15)25/h1-11H,12-13H2. The average molecular weight is 429 g/mol. The molecule has 0 saturated heterocycles. The fourth-order valence-corrected chi connectivity index (χ4v) is 4.16. The summed E-state index contributed by atoms with van der Waals surface area (Å²) >= 11 is 7.50. The summed E-state index contributed by atoms with van der Waals surface area (Å²) in [6, 6.07) is 17.8. The minimum atomic E-state index is -0.629. The van der Waals surface area contributed by atoms with E-state index in [1.165, 1.54) is 28.5 Å². The highest BCUT2D eigenvalue weighted by atomic mass is 35.5. The monoisotopic (exact) mass is 428 g/mol. The van der Waals surface area contributed by atoms with Crippen LogP contribution in [0.25, 0.3) is 10.9 Å². The van der Waals surface area contributed by atoms with Crippen molar-refractivity contribution in [2.75, 3.05) is 0 Å². The second-order valence-electron chi connectivity index (χ2n) is 6.42. The molecule has 4 aromatic rings. The molecule has 0 amide bonds. The molecular formula is C22H15ClF2N2OS. The van der Waals surface area contributed by atoms with Crippen molar-refractivity contribution < 1.29 is 8.78 Å². The third kappa shape index (κ3) is 4.18. The Hall–Kier alpha value is -2.70. The van der Waals surface area contributed by atoms with Crippen LogP contribution in [0.1, 0.15) is 11.1 Å². The summed E-state index contributed by atoms with van der Waals surface area (Å²) in [5.41, 5.74) is 1.49. The SMILES string of the molecule is O=c1c2ccccc2nc(SCc2ccc(F)cc2F)n1Cc1ccccc1Cl. The Bertz CT molecular complexity index is 1260. The van der Waals surface area contributed by atoms with Crippen LogP contribution in [-0.4, -0.2) is 9.55 Å². The van der Waals surface area contributed by atoms with Gasteiger partial charge in [-0.05, 0) is 35.4 Å².